The van der Waals surface area contributed by atoms with Gasteiger partial charge in [0.2, 0.25) is 5.91 Å². The number of rotatable bonds is 5. The van der Waals surface area contributed by atoms with Crippen LogP contribution in [0, 0.1) is 5.92 Å². The van der Waals surface area contributed by atoms with E-state index in [4.69, 9.17) is 10.5 Å². The van der Waals surface area contributed by atoms with E-state index in [1.54, 1.807) is 13.0 Å². The van der Waals surface area contributed by atoms with E-state index in [9.17, 15) is 4.79 Å². The van der Waals surface area contributed by atoms with Crippen LogP contribution in [0.15, 0.2) is 22.7 Å². The van der Waals surface area contributed by atoms with Crippen LogP contribution in [-0.4, -0.2) is 18.6 Å². The quantitative estimate of drug-likeness (QED) is 0.878. The van der Waals surface area contributed by atoms with Crippen molar-refractivity contribution in [2.24, 2.45) is 11.7 Å². The van der Waals surface area contributed by atoms with Gasteiger partial charge in [0.25, 0.3) is 0 Å². The highest BCUT2D eigenvalue weighted by molar-refractivity contribution is 9.10. The fraction of sp³-hybridized carbons (Fsp3) is 0.462. The molecule has 0 aromatic heterocycles. The highest BCUT2D eigenvalue weighted by Crippen LogP contribution is 2.28. The Morgan fingerprint density at radius 1 is 1.50 bits per heavy atom. The molecule has 18 heavy (non-hydrogen) atoms. The van der Waals surface area contributed by atoms with Gasteiger partial charge in [-0.25, -0.2) is 0 Å². The maximum atomic E-state index is 11.9. The van der Waals surface area contributed by atoms with Crippen molar-refractivity contribution in [3.05, 3.63) is 22.7 Å². The first-order valence-corrected chi connectivity index (χ1v) is 6.73. The van der Waals surface area contributed by atoms with E-state index in [1.807, 2.05) is 26.0 Å². The van der Waals surface area contributed by atoms with Crippen LogP contribution in [0.4, 0.5) is 5.69 Å². The summed E-state index contributed by atoms with van der Waals surface area (Å²) < 4.78 is 6.39. The van der Waals surface area contributed by atoms with Gasteiger partial charge in [-0.2, -0.15) is 0 Å². The van der Waals surface area contributed by atoms with Crippen LogP contribution in [0.1, 0.15) is 20.8 Å². The van der Waals surface area contributed by atoms with Crippen LogP contribution in [0.5, 0.6) is 5.75 Å². The maximum Gasteiger partial charge on any atom is 0.228 e. The summed E-state index contributed by atoms with van der Waals surface area (Å²) in [5.74, 6) is 0.300. The fourth-order valence-corrected chi connectivity index (χ4v) is 1.70. The number of anilines is 1. The third kappa shape index (κ3) is 3.99. The van der Waals surface area contributed by atoms with Gasteiger partial charge < -0.3 is 15.8 Å². The molecule has 2 unspecified atom stereocenters. The molecule has 0 aliphatic rings. The number of nitrogens with two attached hydrogens (primary N) is 1. The lowest BCUT2D eigenvalue weighted by Crippen LogP contribution is -2.34. The first-order chi connectivity index (χ1) is 8.45. The Labute approximate surface area is 116 Å². The summed E-state index contributed by atoms with van der Waals surface area (Å²) in [7, 11) is 0. The zero-order valence-corrected chi connectivity index (χ0v) is 12.5. The third-order valence-electron chi connectivity index (χ3n) is 2.70. The van der Waals surface area contributed by atoms with E-state index in [2.05, 4.69) is 21.2 Å². The highest BCUT2D eigenvalue weighted by atomic mass is 79.9. The number of halogens is 1. The topological polar surface area (TPSA) is 64.3 Å². The van der Waals surface area contributed by atoms with Crippen LogP contribution in [0.3, 0.4) is 0 Å². The van der Waals surface area contributed by atoms with E-state index in [-0.39, 0.29) is 17.9 Å². The van der Waals surface area contributed by atoms with Crippen molar-refractivity contribution in [2.45, 2.75) is 26.8 Å². The van der Waals surface area contributed by atoms with Crippen molar-refractivity contribution in [2.75, 3.05) is 11.9 Å². The van der Waals surface area contributed by atoms with Crippen molar-refractivity contribution in [1.82, 2.24) is 0 Å². The van der Waals surface area contributed by atoms with Gasteiger partial charge in [-0.05, 0) is 32.0 Å². The summed E-state index contributed by atoms with van der Waals surface area (Å²) in [6.07, 6.45) is 0. The van der Waals surface area contributed by atoms with Gasteiger partial charge in [0.15, 0.2) is 0 Å². The first kappa shape index (κ1) is 15.0. The molecule has 4 nitrogen and oxygen atoms in total. The number of ether oxygens (including phenoxy) is 1. The molecule has 5 heteroatoms. The minimum Gasteiger partial charge on any atom is -0.492 e. The lowest BCUT2D eigenvalue weighted by Gasteiger charge is -2.17. The normalized spacial score (nSPS) is 13.8. The number of carbonyl (C=O) groups excluding carboxylic acids is 1. The zero-order chi connectivity index (χ0) is 13.7. The molecule has 0 fully saturated rings. The highest BCUT2D eigenvalue weighted by Gasteiger charge is 2.18. The molecule has 3 N–H and O–H groups in total. The van der Waals surface area contributed by atoms with Crippen molar-refractivity contribution in [3.63, 3.8) is 0 Å². The first-order valence-electron chi connectivity index (χ1n) is 5.94. The molecule has 0 saturated carbocycles. The minimum atomic E-state index is -0.247. The number of nitrogens with one attached hydrogen (secondary N) is 1. The summed E-state index contributed by atoms with van der Waals surface area (Å²) >= 11 is 3.37. The van der Waals surface area contributed by atoms with Crippen LogP contribution < -0.4 is 15.8 Å². The Hall–Kier alpha value is -1.07. The molecule has 0 spiro atoms. The lowest BCUT2D eigenvalue weighted by atomic mass is 10.0. The molecular weight excluding hydrogens is 296 g/mol. The summed E-state index contributed by atoms with van der Waals surface area (Å²) in [4.78, 5) is 11.9. The molecule has 0 aliphatic heterocycles. The van der Waals surface area contributed by atoms with Gasteiger partial charge in [0, 0.05) is 10.5 Å². The molecule has 1 amide bonds. The van der Waals surface area contributed by atoms with Crippen molar-refractivity contribution in [1.29, 1.82) is 0 Å². The Balaban J connectivity index is 2.86. The standard InChI is InChI=1S/C13H19BrN2O2/c1-4-18-12-7-10(14)5-6-11(12)16-13(17)8(2)9(3)15/h5-9H,4,15H2,1-3H3,(H,16,17). The molecule has 1 aromatic carbocycles. The van der Waals surface area contributed by atoms with Gasteiger partial charge in [-0.15, -0.1) is 0 Å². The largest absolute Gasteiger partial charge is 0.492 e. The van der Waals surface area contributed by atoms with Crippen LogP contribution in [-0.2, 0) is 4.79 Å². The van der Waals surface area contributed by atoms with Crippen LogP contribution in [0.25, 0.3) is 0 Å². The minimum absolute atomic E-state index is 0.103. The Morgan fingerprint density at radius 3 is 2.72 bits per heavy atom. The summed E-state index contributed by atoms with van der Waals surface area (Å²) in [6.45, 7) is 6.06. The summed E-state index contributed by atoms with van der Waals surface area (Å²) in [5.41, 5.74) is 6.38. The SMILES string of the molecule is CCOc1cc(Br)ccc1NC(=O)C(C)C(C)N. The number of hydrogen-bond acceptors (Lipinski definition) is 3. The van der Waals surface area contributed by atoms with Crippen LogP contribution in [0.2, 0.25) is 0 Å². The Kier molecular flexibility index (Phi) is 5.62. The molecular formula is C13H19BrN2O2. The summed E-state index contributed by atoms with van der Waals surface area (Å²) in [6, 6.07) is 5.31. The second-order valence-electron chi connectivity index (χ2n) is 4.21. The lowest BCUT2D eigenvalue weighted by molar-refractivity contribution is -0.119. The molecule has 100 valence electrons. The van der Waals surface area contributed by atoms with Crippen LogP contribution >= 0.6 is 15.9 Å². The molecule has 1 rings (SSSR count). The molecule has 0 heterocycles. The summed E-state index contributed by atoms with van der Waals surface area (Å²) in [5, 5.41) is 2.84. The smallest absolute Gasteiger partial charge is 0.228 e. The van der Waals surface area contributed by atoms with E-state index in [0.29, 0.717) is 18.0 Å². The molecule has 0 radical (unpaired) electrons. The van der Waals surface area contributed by atoms with Gasteiger partial charge >= 0.3 is 0 Å². The van der Waals surface area contributed by atoms with Gasteiger partial charge in [-0.1, -0.05) is 22.9 Å². The predicted molar refractivity (Wildman–Crippen MR) is 76.8 cm³/mol. The Morgan fingerprint density at radius 2 is 2.17 bits per heavy atom. The molecule has 2 atom stereocenters. The van der Waals surface area contributed by atoms with E-state index in [0.717, 1.165) is 4.47 Å². The Bertz CT molecular complexity index is 421. The van der Waals surface area contributed by atoms with Crippen molar-refractivity contribution in [3.8, 4) is 5.75 Å². The monoisotopic (exact) mass is 314 g/mol. The zero-order valence-electron chi connectivity index (χ0n) is 10.9. The molecule has 1 aromatic rings. The van der Waals surface area contributed by atoms with E-state index < -0.39 is 0 Å². The third-order valence-corrected chi connectivity index (χ3v) is 3.20. The number of carbonyl (C=O) groups is 1. The maximum absolute atomic E-state index is 11.9. The molecule has 0 aliphatic carbocycles. The number of benzene rings is 1. The fourth-order valence-electron chi connectivity index (χ4n) is 1.36. The van der Waals surface area contributed by atoms with E-state index in [1.165, 1.54) is 0 Å². The predicted octanol–water partition coefficient (Wildman–Crippen LogP) is 2.77. The van der Waals surface area contributed by atoms with Crippen molar-refractivity contribution >= 4 is 27.5 Å². The number of amides is 1. The van der Waals surface area contributed by atoms with Gasteiger partial charge in [-0.3, -0.25) is 4.79 Å². The average molecular weight is 315 g/mol. The second kappa shape index (κ2) is 6.75. The average Bonchev–Trinajstić information content (AvgIpc) is 2.31. The molecule has 0 saturated heterocycles. The number of hydrogen-bond donors (Lipinski definition) is 2. The van der Waals surface area contributed by atoms with Gasteiger partial charge in [0.05, 0.1) is 18.2 Å². The van der Waals surface area contributed by atoms with E-state index >= 15 is 0 Å². The van der Waals surface area contributed by atoms with Gasteiger partial charge in [0.1, 0.15) is 5.75 Å². The second-order valence-corrected chi connectivity index (χ2v) is 5.13. The van der Waals surface area contributed by atoms with Crippen molar-refractivity contribution < 1.29 is 9.53 Å². The molecule has 0 bridgehead atoms.